The summed E-state index contributed by atoms with van der Waals surface area (Å²) < 4.78 is 0. The summed E-state index contributed by atoms with van der Waals surface area (Å²) in [7, 11) is 0. The van der Waals surface area contributed by atoms with E-state index in [2.05, 4.69) is 31.1 Å². The molecule has 1 aliphatic carbocycles. The van der Waals surface area contributed by atoms with Gasteiger partial charge in [0.25, 0.3) is 5.91 Å². The largest absolute Gasteiger partial charge is 0.396 e. The zero-order chi connectivity index (χ0) is 14.0. The maximum Gasteiger partial charge on any atom is 0.263 e. The number of aliphatic hydroxyl groups excluding tert-OH is 1. The van der Waals surface area contributed by atoms with Crippen LogP contribution in [-0.2, 0) is 5.41 Å². The highest BCUT2D eigenvalue weighted by molar-refractivity contribution is 7.13. The number of carbonyl (C=O) groups excluding carboxylic acids is 1. The Hall–Kier alpha value is -0.940. The highest BCUT2D eigenvalue weighted by Crippen LogP contribution is 2.34. The number of nitrogens with one attached hydrogen (secondary N) is 1. The molecular formula is C14H22N2O2S. The first-order chi connectivity index (χ1) is 8.91. The lowest BCUT2D eigenvalue weighted by atomic mass is 9.98. The van der Waals surface area contributed by atoms with E-state index in [1.54, 1.807) is 6.20 Å². The van der Waals surface area contributed by atoms with Crippen molar-refractivity contribution in [3.8, 4) is 0 Å². The molecule has 0 bridgehead atoms. The van der Waals surface area contributed by atoms with Gasteiger partial charge in [-0.2, -0.15) is 0 Å². The van der Waals surface area contributed by atoms with Crippen LogP contribution in [0.1, 0.15) is 54.7 Å². The normalized spacial score (nSPS) is 17.3. The summed E-state index contributed by atoms with van der Waals surface area (Å²) >= 11 is 1.45. The van der Waals surface area contributed by atoms with Gasteiger partial charge in [0.2, 0.25) is 0 Å². The van der Waals surface area contributed by atoms with E-state index in [4.69, 9.17) is 5.11 Å². The standard InChI is InChI=1S/C14H22N2O2S/c1-14(2,3)13-15-8-11(19-13)12(18)16-10(6-7-17)9-4-5-9/h8-10,17H,4-7H2,1-3H3,(H,16,18). The molecule has 1 atom stereocenters. The van der Waals surface area contributed by atoms with Gasteiger partial charge in [0.05, 0.1) is 11.2 Å². The van der Waals surface area contributed by atoms with E-state index in [0.717, 1.165) is 17.8 Å². The molecule has 1 aromatic heterocycles. The van der Waals surface area contributed by atoms with Gasteiger partial charge in [0.1, 0.15) is 4.88 Å². The molecule has 2 rings (SSSR count). The van der Waals surface area contributed by atoms with Crippen LogP contribution in [0.25, 0.3) is 0 Å². The Labute approximate surface area is 118 Å². The number of carbonyl (C=O) groups is 1. The number of amides is 1. The summed E-state index contributed by atoms with van der Waals surface area (Å²) in [5, 5.41) is 13.1. The van der Waals surface area contributed by atoms with Crippen molar-refractivity contribution in [3.05, 3.63) is 16.1 Å². The smallest absolute Gasteiger partial charge is 0.263 e. The van der Waals surface area contributed by atoms with Crippen molar-refractivity contribution < 1.29 is 9.90 Å². The van der Waals surface area contributed by atoms with Gasteiger partial charge in [0, 0.05) is 18.1 Å². The highest BCUT2D eigenvalue weighted by atomic mass is 32.1. The Bertz CT molecular complexity index is 447. The van der Waals surface area contributed by atoms with Gasteiger partial charge in [-0.05, 0) is 25.2 Å². The Kier molecular flexibility index (Phi) is 4.26. The summed E-state index contributed by atoms with van der Waals surface area (Å²) in [5.74, 6) is 0.490. The number of hydrogen-bond donors (Lipinski definition) is 2. The average molecular weight is 282 g/mol. The molecule has 19 heavy (non-hydrogen) atoms. The van der Waals surface area contributed by atoms with Gasteiger partial charge in [-0.15, -0.1) is 11.3 Å². The van der Waals surface area contributed by atoms with Gasteiger partial charge in [0.15, 0.2) is 0 Å². The number of aromatic nitrogens is 1. The second-order valence-electron chi connectivity index (χ2n) is 6.21. The van der Waals surface area contributed by atoms with Crippen LogP contribution in [0.15, 0.2) is 6.20 Å². The molecule has 1 heterocycles. The minimum atomic E-state index is -0.0571. The molecule has 1 amide bonds. The summed E-state index contributed by atoms with van der Waals surface area (Å²) in [4.78, 5) is 17.2. The molecule has 0 spiro atoms. The van der Waals surface area contributed by atoms with E-state index in [-0.39, 0.29) is 24.0 Å². The van der Waals surface area contributed by atoms with Crippen LogP contribution in [0, 0.1) is 5.92 Å². The van der Waals surface area contributed by atoms with Crippen LogP contribution in [0.4, 0.5) is 0 Å². The maximum absolute atomic E-state index is 12.2. The Balaban J connectivity index is 2.00. The predicted molar refractivity (Wildman–Crippen MR) is 76.5 cm³/mol. The van der Waals surface area contributed by atoms with Crippen molar-refractivity contribution in [2.75, 3.05) is 6.61 Å². The quantitative estimate of drug-likeness (QED) is 0.871. The molecule has 0 saturated heterocycles. The fourth-order valence-electron chi connectivity index (χ4n) is 2.03. The topological polar surface area (TPSA) is 62.2 Å². The van der Waals surface area contributed by atoms with Gasteiger partial charge < -0.3 is 10.4 Å². The van der Waals surface area contributed by atoms with Crippen LogP contribution in [0.2, 0.25) is 0 Å². The molecule has 1 saturated carbocycles. The molecule has 5 heteroatoms. The minimum Gasteiger partial charge on any atom is -0.396 e. The molecule has 1 aromatic rings. The predicted octanol–water partition coefficient (Wildman–Crippen LogP) is 2.33. The van der Waals surface area contributed by atoms with E-state index in [9.17, 15) is 4.79 Å². The molecule has 1 aliphatic rings. The molecule has 1 fully saturated rings. The van der Waals surface area contributed by atoms with Crippen molar-refractivity contribution in [3.63, 3.8) is 0 Å². The Morgan fingerprint density at radius 2 is 2.26 bits per heavy atom. The SMILES string of the molecule is CC(C)(C)c1ncc(C(=O)NC(CCO)C2CC2)s1. The first kappa shape index (κ1) is 14.5. The monoisotopic (exact) mass is 282 g/mol. The van der Waals surface area contributed by atoms with Crippen LogP contribution in [0.5, 0.6) is 0 Å². The average Bonchev–Trinajstić information content (AvgIpc) is 3.03. The third-order valence-electron chi connectivity index (χ3n) is 3.32. The fraction of sp³-hybridized carbons (Fsp3) is 0.714. The van der Waals surface area contributed by atoms with Gasteiger partial charge in [-0.1, -0.05) is 20.8 Å². The van der Waals surface area contributed by atoms with Crippen molar-refractivity contribution in [2.24, 2.45) is 5.92 Å². The lowest BCUT2D eigenvalue weighted by Gasteiger charge is -2.16. The fourth-order valence-corrected chi connectivity index (χ4v) is 2.91. The molecule has 106 valence electrons. The number of nitrogens with zero attached hydrogens (tertiary/aromatic N) is 1. The van der Waals surface area contributed by atoms with Gasteiger partial charge >= 0.3 is 0 Å². The number of rotatable bonds is 5. The van der Waals surface area contributed by atoms with Crippen LogP contribution < -0.4 is 5.32 Å². The minimum absolute atomic E-state index is 0.0236. The van der Waals surface area contributed by atoms with Crippen LogP contribution >= 0.6 is 11.3 Å². The summed E-state index contributed by atoms with van der Waals surface area (Å²) in [6, 6.07) is 0.109. The number of hydrogen-bond acceptors (Lipinski definition) is 4. The molecule has 1 unspecified atom stereocenters. The van der Waals surface area contributed by atoms with Crippen molar-refractivity contribution in [1.82, 2.24) is 10.3 Å². The van der Waals surface area contributed by atoms with Crippen molar-refractivity contribution in [1.29, 1.82) is 0 Å². The highest BCUT2D eigenvalue weighted by Gasteiger charge is 2.32. The first-order valence-corrected chi connectivity index (χ1v) is 7.61. The number of thiazole rings is 1. The molecule has 2 N–H and O–H groups in total. The zero-order valence-corrected chi connectivity index (χ0v) is 12.6. The summed E-state index contributed by atoms with van der Waals surface area (Å²) in [5.41, 5.74) is -0.0236. The third kappa shape index (κ3) is 3.76. The first-order valence-electron chi connectivity index (χ1n) is 6.80. The van der Waals surface area contributed by atoms with E-state index in [1.165, 1.54) is 11.3 Å². The van der Waals surface area contributed by atoms with Gasteiger partial charge in [-0.3, -0.25) is 4.79 Å². The van der Waals surface area contributed by atoms with Crippen molar-refractivity contribution in [2.45, 2.75) is 51.5 Å². The Morgan fingerprint density at radius 1 is 1.58 bits per heavy atom. The van der Waals surface area contributed by atoms with E-state index in [1.807, 2.05) is 0 Å². The molecule has 0 radical (unpaired) electrons. The Morgan fingerprint density at radius 3 is 2.74 bits per heavy atom. The molecule has 0 aromatic carbocycles. The molecule has 4 nitrogen and oxygen atoms in total. The van der Waals surface area contributed by atoms with E-state index >= 15 is 0 Å². The van der Waals surface area contributed by atoms with E-state index < -0.39 is 0 Å². The third-order valence-corrected chi connectivity index (χ3v) is 4.74. The zero-order valence-electron chi connectivity index (χ0n) is 11.8. The molecule has 0 aliphatic heterocycles. The molecular weight excluding hydrogens is 260 g/mol. The van der Waals surface area contributed by atoms with E-state index in [0.29, 0.717) is 17.2 Å². The second-order valence-corrected chi connectivity index (χ2v) is 7.24. The van der Waals surface area contributed by atoms with Crippen molar-refractivity contribution >= 4 is 17.2 Å². The van der Waals surface area contributed by atoms with Crippen LogP contribution in [0.3, 0.4) is 0 Å². The lowest BCUT2D eigenvalue weighted by Crippen LogP contribution is -2.36. The summed E-state index contributed by atoms with van der Waals surface area (Å²) in [6.45, 7) is 6.39. The second kappa shape index (κ2) is 5.59. The van der Waals surface area contributed by atoms with Crippen LogP contribution in [-0.4, -0.2) is 28.6 Å². The summed E-state index contributed by atoms with van der Waals surface area (Å²) in [6.07, 6.45) is 4.60. The lowest BCUT2D eigenvalue weighted by molar-refractivity contribution is 0.0928. The number of aliphatic hydroxyl groups is 1. The van der Waals surface area contributed by atoms with Gasteiger partial charge in [-0.25, -0.2) is 4.98 Å². The maximum atomic E-state index is 12.2.